The summed E-state index contributed by atoms with van der Waals surface area (Å²) in [5, 5.41) is 8.87. The van der Waals surface area contributed by atoms with Crippen molar-refractivity contribution in [3.05, 3.63) is 0 Å². The Hall–Kier alpha value is -0.570. The van der Waals surface area contributed by atoms with Crippen LogP contribution in [0.15, 0.2) is 0 Å². The van der Waals surface area contributed by atoms with Crippen LogP contribution in [0.4, 0.5) is 0 Å². The molecule has 62 valence electrons. The highest BCUT2D eigenvalue weighted by Gasteiger charge is 2.56. The molecule has 11 heavy (non-hydrogen) atoms. The van der Waals surface area contributed by atoms with Gasteiger partial charge in [0.1, 0.15) is 5.54 Å². The van der Waals surface area contributed by atoms with E-state index in [9.17, 15) is 4.79 Å². The van der Waals surface area contributed by atoms with Crippen LogP contribution in [-0.2, 0) is 4.79 Å². The van der Waals surface area contributed by atoms with Gasteiger partial charge in [-0.3, -0.25) is 4.79 Å². The van der Waals surface area contributed by atoms with Gasteiger partial charge < -0.3 is 10.8 Å². The molecule has 3 heteroatoms. The lowest BCUT2D eigenvalue weighted by atomic mass is 9.82. The zero-order valence-corrected chi connectivity index (χ0v) is 6.42. The highest BCUT2D eigenvalue weighted by atomic mass is 16.4. The fourth-order valence-corrected chi connectivity index (χ4v) is 2.31. The van der Waals surface area contributed by atoms with Crippen LogP contribution >= 0.6 is 0 Å². The number of aliphatic carboxylic acids is 1. The molecule has 2 fully saturated rings. The van der Waals surface area contributed by atoms with Crippen LogP contribution in [0, 0.1) is 11.8 Å². The molecule has 0 aromatic rings. The minimum Gasteiger partial charge on any atom is -0.480 e. The van der Waals surface area contributed by atoms with Crippen molar-refractivity contribution >= 4 is 5.97 Å². The number of carbonyl (C=O) groups is 1. The molecule has 0 radical (unpaired) electrons. The zero-order valence-electron chi connectivity index (χ0n) is 6.42. The van der Waals surface area contributed by atoms with Crippen LogP contribution in [0.5, 0.6) is 0 Å². The third-order valence-electron chi connectivity index (χ3n) is 3.15. The summed E-state index contributed by atoms with van der Waals surface area (Å²) in [5.74, 6) is 0.114. The van der Waals surface area contributed by atoms with Gasteiger partial charge >= 0.3 is 5.97 Å². The Bertz CT molecular complexity index is 204. The van der Waals surface area contributed by atoms with Gasteiger partial charge in [0.05, 0.1) is 0 Å². The second-order valence-electron chi connectivity index (χ2n) is 3.84. The summed E-state index contributed by atoms with van der Waals surface area (Å²) in [5.41, 5.74) is 4.92. The zero-order chi connectivity index (χ0) is 8.06. The topological polar surface area (TPSA) is 63.3 Å². The van der Waals surface area contributed by atoms with Crippen LogP contribution < -0.4 is 5.73 Å². The molecule has 3 N–H and O–H groups in total. The van der Waals surface area contributed by atoms with E-state index in [2.05, 4.69) is 0 Å². The number of carboxylic acids is 1. The molecule has 0 aromatic heterocycles. The van der Waals surface area contributed by atoms with E-state index in [0.717, 1.165) is 12.8 Å². The maximum atomic E-state index is 10.8. The third-order valence-corrected chi connectivity index (χ3v) is 3.15. The molecular formula is C8H13NO2. The lowest BCUT2D eigenvalue weighted by Crippen LogP contribution is -2.51. The first-order valence-corrected chi connectivity index (χ1v) is 4.17. The van der Waals surface area contributed by atoms with Gasteiger partial charge in [0.2, 0.25) is 0 Å². The van der Waals surface area contributed by atoms with E-state index >= 15 is 0 Å². The summed E-state index contributed by atoms with van der Waals surface area (Å²) in [6.45, 7) is 0. The quantitative estimate of drug-likeness (QED) is 0.582. The van der Waals surface area contributed by atoms with Crippen LogP contribution in [0.25, 0.3) is 0 Å². The molecule has 3 nitrogen and oxygen atoms in total. The monoisotopic (exact) mass is 155 g/mol. The molecule has 0 amide bonds. The number of rotatable bonds is 1. The van der Waals surface area contributed by atoms with Crippen molar-refractivity contribution in [1.82, 2.24) is 0 Å². The van der Waals surface area contributed by atoms with Crippen molar-refractivity contribution in [3.8, 4) is 0 Å². The molecule has 2 rings (SSSR count). The maximum absolute atomic E-state index is 10.8. The number of nitrogens with two attached hydrogens (primary N) is 1. The molecular weight excluding hydrogens is 142 g/mol. The predicted molar refractivity (Wildman–Crippen MR) is 40.0 cm³/mol. The van der Waals surface area contributed by atoms with E-state index in [1.165, 1.54) is 6.42 Å². The van der Waals surface area contributed by atoms with Gasteiger partial charge in [-0.2, -0.15) is 0 Å². The number of hydrogen-bond acceptors (Lipinski definition) is 2. The summed E-state index contributed by atoms with van der Waals surface area (Å²) in [6, 6.07) is 0. The van der Waals surface area contributed by atoms with Crippen molar-refractivity contribution < 1.29 is 9.90 Å². The molecule has 2 aliphatic rings. The maximum Gasteiger partial charge on any atom is 0.323 e. The molecule has 3 atom stereocenters. The Labute approximate surface area is 65.6 Å². The smallest absolute Gasteiger partial charge is 0.323 e. The predicted octanol–water partition coefficient (Wildman–Crippen LogP) is 0.588. The Balaban J connectivity index is 2.17. The summed E-state index contributed by atoms with van der Waals surface area (Å²) in [7, 11) is 0. The molecule has 0 unspecified atom stereocenters. The lowest BCUT2D eigenvalue weighted by molar-refractivity contribution is -0.145. The Morgan fingerprint density at radius 2 is 2.36 bits per heavy atom. The van der Waals surface area contributed by atoms with E-state index < -0.39 is 11.5 Å². The van der Waals surface area contributed by atoms with E-state index in [-0.39, 0.29) is 5.92 Å². The van der Waals surface area contributed by atoms with Crippen molar-refractivity contribution in [2.24, 2.45) is 17.6 Å². The molecule has 0 aliphatic heterocycles. The molecule has 2 aliphatic carbocycles. The second-order valence-corrected chi connectivity index (χ2v) is 3.84. The minimum atomic E-state index is -0.872. The Kier molecular flexibility index (Phi) is 1.27. The second kappa shape index (κ2) is 1.97. The number of fused-ring (bicyclic) bond motifs is 1. The first-order valence-electron chi connectivity index (χ1n) is 4.17. The van der Waals surface area contributed by atoms with Crippen molar-refractivity contribution in [1.29, 1.82) is 0 Å². The Morgan fingerprint density at radius 1 is 1.64 bits per heavy atom. The van der Waals surface area contributed by atoms with Gasteiger partial charge in [-0.15, -0.1) is 0 Å². The van der Waals surface area contributed by atoms with Crippen molar-refractivity contribution in [3.63, 3.8) is 0 Å². The average Bonchev–Trinajstić information content (AvgIpc) is 2.67. The normalized spacial score (nSPS) is 48.1. The minimum absolute atomic E-state index is 0.286. The molecule has 0 saturated heterocycles. The van der Waals surface area contributed by atoms with E-state index in [1.54, 1.807) is 0 Å². The Morgan fingerprint density at radius 3 is 2.91 bits per heavy atom. The van der Waals surface area contributed by atoms with Gasteiger partial charge in [-0.1, -0.05) is 12.8 Å². The van der Waals surface area contributed by atoms with Crippen molar-refractivity contribution in [2.75, 3.05) is 0 Å². The van der Waals surface area contributed by atoms with Gasteiger partial charge in [0, 0.05) is 0 Å². The largest absolute Gasteiger partial charge is 0.480 e. The third kappa shape index (κ3) is 0.872. The summed E-state index contributed by atoms with van der Waals surface area (Å²) in [4.78, 5) is 10.8. The standard InChI is InChI=1S/C8H13NO2/c9-8(7(10)11)3-1-2-5-4-6(5)8/h5-6H,1-4,9H2,(H,10,11)/t5-,6-,8+/m1/s1. The fraction of sp³-hybridized carbons (Fsp3) is 0.875. The molecule has 0 heterocycles. The van der Waals surface area contributed by atoms with E-state index in [4.69, 9.17) is 10.8 Å². The van der Waals surface area contributed by atoms with Gasteiger partial charge in [0.15, 0.2) is 0 Å². The number of carboxylic acid groups (broad SMARTS) is 1. The van der Waals surface area contributed by atoms with Crippen molar-refractivity contribution in [2.45, 2.75) is 31.2 Å². The first-order chi connectivity index (χ1) is 5.14. The van der Waals surface area contributed by atoms with Crippen LogP contribution in [0.2, 0.25) is 0 Å². The molecule has 0 aromatic carbocycles. The fourth-order valence-electron chi connectivity index (χ4n) is 2.31. The van der Waals surface area contributed by atoms with E-state index in [1.807, 2.05) is 0 Å². The van der Waals surface area contributed by atoms with Crippen LogP contribution in [-0.4, -0.2) is 16.6 Å². The lowest BCUT2D eigenvalue weighted by Gasteiger charge is -2.28. The van der Waals surface area contributed by atoms with Crippen LogP contribution in [0.3, 0.4) is 0 Å². The van der Waals surface area contributed by atoms with E-state index in [0.29, 0.717) is 12.3 Å². The number of hydrogen-bond donors (Lipinski definition) is 2. The molecule has 2 saturated carbocycles. The highest BCUT2D eigenvalue weighted by molar-refractivity contribution is 5.79. The van der Waals surface area contributed by atoms with Gasteiger partial charge in [0.25, 0.3) is 0 Å². The first kappa shape index (κ1) is 7.10. The SMILES string of the molecule is N[C@@]1(C(=O)O)CCC[C@@H]2C[C@H]21. The summed E-state index contributed by atoms with van der Waals surface area (Å²) >= 11 is 0. The summed E-state index contributed by atoms with van der Waals surface area (Å²) in [6.07, 6.45) is 3.90. The molecule has 0 bridgehead atoms. The van der Waals surface area contributed by atoms with Gasteiger partial charge in [-0.25, -0.2) is 0 Å². The molecule has 0 spiro atoms. The summed E-state index contributed by atoms with van der Waals surface area (Å²) < 4.78 is 0. The highest BCUT2D eigenvalue weighted by Crippen LogP contribution is 2.53. The van der Waals surface area contributed by atoms with Crippen LogP contribution in [0.1, 0.15) is 25.7 Å². The van der Waals surface area contributed by atoms with Gasteiger partial charge in [-0.05, 0) is 24.7 Å². The average molecular weight is 155 g/mol.